The van der Waals surface area contributed by atoms with Crippen molar-refractivity contribution < 1.29 is 14.6 Å². The van der Waals surface area contributed by atoms with E-state index < -0.39 is 0 Å². The van der Waals surface area contributed by atoms with Crippen LogP contribution in [0.2, 0.25) is 0 Å². The van der Waals surface area contributed by atoms with Gasteiger partial charge in [0.25, 0.3) is 5.91 Å². The summed E-state index contributed by atoms with van der Waals surface area (Å²) in [4.78, 5) is 18.3. The highest BCUT2D eigenvalue weighted by atomic mass is 16.5. The molecule has 5 heteroatoms. The van der Waals surface area contributed by atoms with E-state index in [0.29, 0.717) is 30.9 Å². The molecule has 0 saturated carbocycles. The average Bonchev–Trinajstić information content (AvgIpc) is 2.45. The Morgan fingerprint density at radius 3 is 3.26 bits per heavy atom. The van der Waals surface area contributed by atoms with Crippen molar-refractivity contribution in [1.82, 2.24) is 9.88 Å². The van der Waals surface area contributed by atoms with Gasteiger partial charge in [-0.1, -0.05) is 11.8 Å². The lowest BCUT2D eigenvalue weighted by atomic mass is 10.1. The molecule has 2 heterocycles. The Morgan fingerprint density at radius 1 is 1.68 bits per heavy atom. The predicted octanol–water partition coefficient (Wildman–Crippen LogP) is 0.286. The predicted molar refractivity (Wildman–Crippen MR) is 69.5 cm³/mol. The van der Waals surface area contributed by atoms with Gasteiger partial charge in [-0.05, 0) is 13.0 Å². The molecule has 0 spiro atoms. The first kappa shape index (κ1) is 13.5. The van der Waals surface area contributed by atoms with Crippen molar-refractivity contribution >= 4 is 5.91 Å². The van der Waals surface area contributed by atoms with Crippen LogP contribution in [0.1, 0.15) is 22.8 Å². The van der Waals surface area contributed by atoms with E-state index in [2.05, 4.69) is 16.8 Å². The van der Waals surface area contributed by atoms with Gasteiger partial charge in [-0.2, -0.15) is 0 Å². The molecule has 1 fully saturated rings. The third-order valence-corrected chi connectivity index (χ3v) is 2.98. The first-order chi connectivity index (χ1) is 9.24. The van der Waals surface area contributed by atoms with E-state index in [1.807, 2.05) is 6.92 Å². The van der Waals surface area contributed by atoms with Crippen LogP contribution in [0.15, 0.2) is 18.5 Å². The SMILES string of the molecule is CC1COCCN1C(=O)c1ccncc1C#CCO. The molecule has 1 atom stereocenters. The number of hydrogen-bond donors (Lipinski definition) is 1. The maximum absolute atomic E-state index is 12.5. The van der Waals surface area contributed by atoms with Crippen LogP contribution < -0.4 is 0 Å². The summed E-state index contributed by atoms with van der Waals surface area (Å²) in [5, 5.41) is 8.74. The summed E-state index contributed by atoms with van der Waals surface area (Å²) in [5.41, 5.74) is 1.06. The molecule has 19 heavy (non-hydrogen) atoms. The number of aromatic nitrogens is 1. The number of carbonyl (C=O) groups excluding carboxylic acids is 1. The fourth-order valence-corrected chi connectivity index (χ4v) is 2.00. The van der Waals surface area contributed by atoms with Gasteiger partial charge in [0.05, 0.1) is 30.4 Å². The molecule has 100 valence electrons. The highest BCUT2D eigenvalue weighted by Crippen LogP contribution is 2.14. The van der Waals surface area contributed by atoms with E-state index in [0.717, 1.165) is 0 Å². The van der Waals surface area contributed by atoms with Gasteiger partial charge in [-0.25, -0.2) is 0 Å². The van der Waals surface area contributed by atoms with Gasteiger partial charge < -0.3 is 14.7 Å². The number of carbonyl (C=O) groups is 1. The molecule has 0 aliphatic carbocycles. The highest BCUT2D eigenvalue weighted by molar-refractivity contribution is 5.96. The van der Waals surface area contributed by atoms with Crippen LogP contribution in [0.5, 0.6) is 0 Å². The second kappa shape index (κ2) is 6.32. The number of aliphatic hydroxyl groups excluding tert-OH is 1. The number of morpholine rings is 1. The first-order valence-corrected chi connectivity index (χ1v) is 6.16. The van der Waals surface area contributed by atoms with Crippen molar-refractivity contribution in [3.8, 4) is 11.8 Å². The Bertz CT molecular complexity index is 519. The van der Waals surface area contributed by atoms with Gasteiger partial charge in [0.1, 0.15) is 6.61 Å². The molecule has 1 aliphatic rings. The second-order valence-corrected chi connectivity index (χ2v) is 4.30. The minimum Gasteiger partial charge on any atom is -0.384 e. The van der Waals surface area contributed by atoms with Crippen LogP contribution in [0, 0.1) is 11.8 Å². The van der Waals surface area contributed by atoms with Crippen molar-refractivity contribution in [1.29, 1.82) is 0 Å². The lowest BCUT2D eigenvalue weighted by Crippen LogP contribution is -2.47. The summed E-state index contributed by atoms with van der Waals surface area (Å²) < 4.78 is 5.33. The lowest BCUT2D eigenvalue weighted by molar-refractivity contribution is 0.00357. The topological polar surface area (TPSA) is 62.7 Å². The van der Waals surface area contributed by atoms with E-state index in [1.165, 1.54) is 0 Å². The highest BCUT2D eigenvalue weighted by Gasteiger charge is 2.25. The molecule has 1 aromatic heterocycles. The van der Waals surface area contributed by atoms with Crippen LogP contribution in [0.3, 0.4) is 0 Å². The summed E-state index contributed by atoms with van der Waals surface area (Å²) in [6.45, 7) is 3.40. The van der Waals surface area contributed by atoms with Gasteiger partial charge in [-0.3, -0.25) is 9.78 Å². The summed E-state index contributed by atoms with van der Waals surface area (Å²) in [7, 11) is 0. The normalized spacial score (nSPS) is 18.6. The zero-order valence-electron chi connectivity index (χ0n) is 10.8. The molecule has 0 bridgehead atoms. The van der Waals surface area contributed by atoms with Crippen LogP contribution in [0.25, 0.3) is 0 Å². The van der Waals surface area contributed by atoms with Gasteiger partial charge >= 0.3 is 0 Å². The van der Waals surface area contributed by atoms with Crippen molar-refractivity contribution in [3.05, 3.63) is 29.6 Å². The maximum atomic E-state index is 12.5. The number of pyridine rings is 1. The molecule has 1 aliphatic heterocycles. The molecule has 1 unspecified atom stereocenters. The Morgan fingerprint density at radius 2 is 2.53 bits per heavy atom. The minimum absolute atomic E-state index is 0.0491. The molecule has 0 radical (unpaired) electrons. The standard InChI is InChI=1S/C14H16N2O3/c1-11-10-19-8-6-16(11)14(18)13-4-5-15-9-12(13)3-2-7-17/h4-5,9,11,17H,6-8,10H2,1H3. The van der Waals surface area contributed by atoms with Gasteiger partial charge in [0.2, 0.25) is 0 Å². The first-order valence-electron chi connectivity index (χ1n) is 6.16. The number of ether oxygens (including phenoxy) is 1. The molecule has 1 amide bonds. The second-order valence-electron chi connectivity index (χ2n) is 4.30. The van der Waals surface area contributed by atoms with Crippen molar-refractivity contribution in [2.24, 2.45) is 0 Å². The summed E-state index contributed by atoms with van der Waals surface area (Å²) >= 11 is 0. The Labute approximate surface area is 112 Å². The number of aliphatic hydroxyl groups is 1. The van der Waals surface area contributed by atoms with E-state index in [1.54, 1.807) is 23.4 Å². The molecule has 1 N–H and O–H groups in total. The van der Waals surface area contributed by atoms with E-state index in [4.69, 9.17) is 9.84 Å². The Kier molecular flexibility index (Phi) is 4.50. The van der Waals surface area contributed by atoms with Crippen LogP contribution >= 0.6 is 0 Å². The zero-order chi connectivity index (χ0) is 13.7. The third kappa shape index (κ3) is 3.11. The fraction of sp³-hybridized carbons (Fsp3) is 0.429. The molecule has 0 aromatic carbocycles. The molecule has 5 nitrogen and oxygen atoms in total. The maximum Gasteiger partial charge on any atom is 0.255 e. The quantitative estimate of drug-likeness (QED) is 0.737. The summed E-state index contributed by atoms with van der Waals surface area (Å²) in [6, 6.07) is 1.71. The van der Waals surface area contributed by atoms with Crippen LogP contribution in [-0.2, 0) is 4.74 Å². The van der Waals surface area contributed by atoms with E-state index in [9.17, 15) is 4.79 Å². The van der Waals surface area contributed by atoms with Gasteiger partial charge in [-0.15, -0.1) is 0 Å². The smallest absolute Gasteiger partial charge is 0.255 e. The van der Waals surface area contributed by atoms with E-state index >= 15 is 0 Å². The molecular weight excluding hydrogens is 244 g/mol. The largest absolute Gasteiger partial charge is 0.384 e. The number of hydrogen-bond acceptors (Lipinski definition) is 4. The molecule has 2 rings (SSSR count). The molecule has 1 saturated heterocycles. The Hall–Kier alpha value is -1.90. The van der Waals surface area contributed by atoms with E-state index in [-0.39, 0.29) is 18.6 Å². The van der Waals surface area contributed by atoms with Gasteiger partial charge in [0.15, 0.2) is 0 Å². The van der Waals surface area contributed by atoms with Crippen molar-refractivity contribution in [3.63, 3.8) is 0 Å². The number of rotatable bonds is 1. The fourth-order valence-electron chi connectivity index (χ4n) is 2.00. The summed E-state index contributed by atoms with van der Waals surface area (Å²) in [6.07, 6.45) is 3.11. The average molecular weight is 260 g/mol. The lowest BCUT2D eigenvalue weighted by Gasteiger charge is -2.33. The van der Waals surface area contributed by atoms with Crippen molar-refractivity contribution in [2.45, 2.75) is 13.0 Å². The summed E-state index contributed by atoms with van der Waals surface area (Å²) in [5.74, 6) is 5.23. The van der Waals surface area contributed by atoms with Crippen LogP contribution in [-0.4, -0.2) is 53.3 Å². The number of nitrogens with zero attached hydrogens (tertiary/aromatic N) is 2. The zero-order valence-corrected chi connectivity index (χ0v) is 10.8. The number of amides is 1. The molecule has 1 aromatic rings. The minimum atomic E-state index is -0.240. The van der Waals surface area contributed by atoms with Crippen molar-refractivity contribution in [2.75, 3.05) is 26.4 Å². The third-order valence-electron chi connectivity index (χ3n) is 2.98. The monoisotopic (exact) mass is 260 g/mol. The van der Waals surface area contributed by atoms with Crippen LogP contribution in [0.4, 0.5) is 0 Å². The van der Waals surface area contributed by atoms with Gasteiger partial charge in [0, 0.05) is 18.9 Å². The Balaban J connectivity index is 2.27. The molecular formula is C14H16N2O3.